The number of carbonyl (C=O) groups is 1. The van der Waals surface area contributed by atoms with Crippen LogP contribution in [0.5, 0.6) is 0 Å². The Morgan fingerprint density at radius 2 is 2.00 bits per heavy atom. The minimum atomic E-state index is -0.706. The number of hydrogen-bond acceptors (Lipinski definition) is 3. The summed E-state index contributed by atoms with van der Waals surface area (Å²) >= 11 is 0. The molecule has 0 aromatic rings. The van der Waals surface area contributed by atoms with Gasteiger partial charge in [0.2, 0.25) is 0 Å². The van der Waals surface area contributed by atoms with Crippen molar-refractivity contribution in [1.29, 1.82) is 0 Å². The minimum absolute atomic E-state index is 0.190. The molecule has 1 aliphatic carbocycles. The van der Waals surface area contributed by atoms with E-state index >= 15 is 0 Å². The molecule has 4 nitrogen and oxygen atoms in total. The second kappa shape index (κ2) is 6.71. The van der Waals surface area contributed by atoms with Crippen LogP contribution in [0.1, 0.15) is 39.5 Å². The Hall–Kier alpha value is -0.610. The molecule has 1 saturated carbocycles. The van der Waals surface area contributed by atoms with Crippen molar-refractivity contribution in [3.8, 4) is 0 Å². The van der Waals surface area contributed by atoms with Gasteiger partial charge >= 0.3 is 5.97 Å². The average Bonchev–Trinajstić information content (AvgIpc) is 2.77. The Balaban J connectivity index is 1.75. The van der Waals surface area contributed by atoms with Gasteiger partial charge in [0.05, 0.1) is 13.2 Å². The zero-order valence-corrected chi connectivity index (χ0v) is 12.3. The molecule has 2 unspecified atom stereocenters. The van der Waals surface area contributed by atoms with Crippen LogP contribution in [0.25, 0.3) is 0 Å². The Kier molecular flexibility index (Phi) is 5.22. The molecule has 2 atom stereocenters. The third-order valence-electron chi connectivity index (χ3n) is 4.75. The van der Waals surface area contributed by atoms with E-state index in [-0.39, 0.29) is 6.54 Å². The summed E-state index contributed by atoms with van der Waals surface area (Å²) in [6.07, 6.45) is 5.22. The van der Waals surface area contributed by atoms with Crippen LogP contribution in [0.15, 0.2) is 0 Å². The summed E-state index contributed by atoms with van der Waals surface area (Å²) in [4.78, 5) is 15.3. The number of carboxylic acids is 1. The second-order valence-corrected chi connectivity index (χ2v) is 6.70. The minimum Gasteiger partial charge on any atom is -0.480 e. The largest absolute Gasteiger partial charge is 0.480 e. The van der Waals surface area contributed by atoms with Crippen LogP contribution >= 0.6 is 0 Å². The molecule has 1 N–H and O–H groups in total. The molecule has 0 bridgehead atoms. The SMILES string of the molecule is CC(C)C1CCC(CN2CCCN(CC(=O)O)C2)C1. The van der Waals surface area contributed by atoms with Crippen LogP contribution in [0.4, 0.5) is 0 Å². The fourth-order valence-corrected chi connectivity index (χ4v) is 3.66. The zero-order chi connectivity index (χ0) is 13.8. The van der Waals surface area contributed by atoms with E-state index in [9.17, 15) is 4.79 Å². The summed E-state index contributed by atoms with van der Waals surface area (Å²) in [7, 11) is 0. The highest BCUT2D eigenvalue weighted by Crippen LogP contribution is 2.36. The van der Waals surface area contributed by atoms with E-state index in [0.717, 1.165) is 43.9 Å². The van der Waals surface area contributed by atoms with Gasteiger partial charge in [0.25, 0.3) is 0 Å². The number of rotatable bonds is 5. The van der Waals surface area contributed by atoms with E-state index in [1.165, 1.54) is 25.8 Å². The molecule has 110 valence electrons. The van der Waals surface area contributed by atoms with Gasteiger partial charge in [-0.05, 0) is 43.4 Å². The van der Waals surface area contributed by atoms with Gasteiger partial charge in [-0.25, -0.2) is 0 Å². The van der Waals surface area contributed by atoms with Crippen molar-refractivity contribution in [3.05, 3.63) is 0 Å². The van der Waals surface area contributed by atoms with Gasteiger partial charge in [0, 0.05) is 19.6 Å². The van der Waals surface area contributed by atoms with Gasteiger partial charge in [0.1, 0.15) is 0 Å². The Morgan fingerprint density at radius 3 is 2.63 bits per heavy atom. The summed E-state index contributed by atoms with van der Waals surface area (Å²) < 4.78 is 0. The summed E-state index contributed by atoms with van der Waals surface area (Å²) in [5, 5.41) is 8.87. The first-order valence-electron chi connectivity index (χ1n) is 7.71. The monoisotopic (exact) mass is 268 g/mol. The Morgan fingerprint density at radius 1 is 1.26 bits per heavy atom. The van der Waals surface area contributed by atoms with Crippen molar-refractivity contribution in [2.24, 2.45) is 17.8 Å². The molecule has 1 saturated heterocycles. The van der Waals surface area contributed by atoms with Crippen LogP contribution < -0.4 is 0 Å². The van der Waals surface area contributed by atoms with Crippen LogP contribution in [-0.4, -0.2) is 53.7 Å². The van der Waals surface area contributed by atoms with Gasteiger partial charge < -0.3 is 5.11 Å². The lowest BCUT2D eigenvalue weighted by Gasteiger charge is -2.36. The van der Waals surface area contributed by atoms with Crippen LogP contribution in [0.2, 0.25) is 0 Å². The van der Waals surface area contributed by atoms with E-state index in [4.69, 9.17) is 5.11 Å². The summed E-state index contributed by atoms with van der Waals surface area (Å²) in [5.74, 6) is 1.85. The van der Waals surface area contributed by atoms with Gasteiger partial charge in [-0.15, -0.1) is 0 Å². The van der Waals surface area contributed by atoms with Crippen molar-refractivity contribution in [1.82, 2.24) is 9.80 Å². The molecule has 1 heterocycles. The highest BCUT2D eigenvalue weighted by atomic mass is 16.4. The first-order chi connectivity index (χ1) is 9.04. The molecular formula is C15H28N2O2. The number of aliphatic carboxylic acids is 1. The van der Waals surface area contributed by atoms with Crippen molar-refractivity contribution in [2.45, 2.75) is 39.5 Å². The summed E-state index contributed by atoms with van der Waals surface area (Å²) in [6, 6.07) is 0. The van der Waals surface area contributed by atoms with Crippen LogP contribution in [0, 0.1) is 17.8 Å². The average molecular weight is 268 g/mol. The van der Waals surface area contributed by atoms with Gasteiger partial charge in [-0.3, -0.25) is 14.6 Å². The Bertz CT molecular complexity index is 307. The van der Waals surface area contributed by atoms with Gasteiger partial charge in [-0.1, -0.05) is 13.8 Å². The van der Waals surface area contributed by atoms with Crippen LogP contribution in [-0.2, 0) is 4.79 Å². The molecule has 2 aliphatic rings. The van der Waals surface area contributed by atoms with E-state index in [1.807, 2.05) is 0 Å². The van der Waals surface area contributed by atoms with E-state index in [1.54, 1.807) is 0 Å². The molecule has 1 aliphatic heterocycles. The topological polar surface area (TPSA) is 43.8 Å². The predicted octanol–water partition coefficient (Wildman–Crippen LogP) is 2.11. The zero-order valence-electron chi connectivity index (χ0n) is 12.3. The lowest BCUT2D eigenvalue weighted by atomic mass is 9.93. The molecule has 0 amide bonds. The van der Waals surface area contributed by atoms with Crippen molar-refractivity contribution in [2.75, 3.05) is 32.8 Å². The molecule has 2 rings (SSSR count). The predicted molar refractivity (Wildman–Crippen MR) is 75.9 cm³/mol. The molecule has 0 aromatic carbocycles. The highest BCUT2D eigenvalue weighted by molar-refractivity contribution is 5.69. The number of nitrogens with zero attached hydrogens (tertiary/aromatic N) is 2. The van der Waals surface area contributed by atoms with E-state index in [0.29, 0.717) is 0 Å². The molecule has 0 radical (unpaired) electrons. The third-order valence-corrected chi connectivity index (χ3v) is 4.75. The molecule has 19 heavy (non-hydrogen) atoms. The second-order valence-electron chi connectivity index (χ2n) is 6.70. The summed E-state index contributed by atoms with van der Waals surface area (Å²) in [6.45, 7) is 8.94. The molecule has 0 spiro atoms. The van der Waals surface area contributed by atoms with Gasteiger partial charge in [0.15, 0.2) is 0 Å². The van der Waals surface area contributed by atoms with E-state index < -0.39 is 5.97 Å². The normalized spacial score (nSPS) is 30.1. The van der Waals surface area contributed by atoms with Gasteiger partial charge in [-0.2, -0.15) is 0 Å². The maximum atomic E-state index is 10.8. The highest BCUT2D eigenvalue weighted by Gasteiger charge is 2.29. The quantitative estimate of drug-likeness (QED) is 0.829. The maximum Gasteiger partial charge on any atom is 0.317 e. The van der Waals surface area contributed by atoms with Crippen molar-refractivity contribution < 1.29 is 9.90 Å². The molecule has 0 aromatic heterocycles. The molecule has 4 heteroatoms. The first kappa shape index (κ1) is 14.8. The first-order valence-corrected chi connectivity index (χ1v) is 7.71. The van der Waals surface area contributed by atoms with Crippen molar-refractivity contribution >= 4 is 5.97 Å². The third kappa shape index (κ3) is 4.46. The smallest absolute Gasteiger partial charge is 0.317 e. The molecule has 2 fully saturated rings. The number of hydrogen-bond donors (Lipinski definition) is 1. The Labute approximate surface area is 116 Å². The fraction of sp³-hybridized carbons (Fsp3) is 0.933. The van der Waals surface area contributed by atoms with E-state index in [2.05, 4.69) is 23.6 Å². The standard InChI is InChI=1S/C15H28N2O2/c1-12(2)14-5-4-13(8-14)9-16-6-3-7-17(11-16)10-15(18)19/h12-14H,3-11H2,1-2H3,(H,18,19). The fourth-order valence-electron chi connectivity index (χ4n) is 3.66. The lowest BCUT2D eigenvalue weighted by molar-refractivity contribution is -0.139. The summed E-state index contributed by atoms with van der Waals surface area (Å²) in [5.41, 5.74) is 0. The van der Waals surface area contributed by atoms with Crippen LogP contribution in [0.3, 0.4) is 0 Å². The molecular weight excluding hydrogens is 240 g/mol. The maximum absolute atomic E-state index is 10.8. The number of carboxylic acid groups (broad SMARTS) is 1. The lowest BCUT2D eigenvalue weighted by Crippen LogP contribution is -2.47. The van der Waals surface area contributed by atoms with Crippen molar-refractivity contribution in [3.63, 3.8) is 0 Å².